The topological polar surface area (TPSA) is 48.9 Å². The van der Waals surface area contributed by atoms with E-state index in [1.54, 1.807) is 7.11 Å². The van der Waals surface area contributed by atoms with Gasteiger partial charge in [-0.15, -0.1) is 0 Å². The van der Waals surface area contributed by atoms with Gasteiger partial charge >= 0.3 is 0 Å². The molecule has 0 aromatic carbocycles. The first kappa shape index (κ1) is 19.2. The summed E-state index contributed by atoms with van der Waals surface area (Å²) in [7, 11) is 3.56. The van der Waals surface area contributed by atoms with E-state index < -0.39 is 0 Å². The van der Waals surface area contributed by atoms with E-state index in [0.717, 1.165) is 25.0 Å². The van der Waals surface area contributed by atoms with Crippen molar-refractivity contribution in [3.8, 4) is 0 Å². The van der Waals surface area contributed by atoms with Crippen LogP contribution in [0.4, 0.5) is 0 Å². The van der Waals surface area contributed by atoms with Crippen molar-refractivity contribution in [3.63, 3.8) is 0 Å². The average Bonchev–Trinajstić information content (AvgIpc) is 2.48. The van der Waals surface area contributed by atoms with Crippen molar-refractivity contribution in [2.24, 2.45) is 10.9 Å². The van der Waals surface area contributed by atoms with Crippen LogP contribution >= 0.6 is 0 Å². The van der Waals surface area contributed by atoms with E-state index in [4.69, 9.17) is 4.74 Å². The van der Waals surface area contributed by atoms with Gasteiger partial charge in [0, 0.05) is 39.8 Å². The molecule has 0 aromatic heterocycles. The first-order valence-corrected chi connectivity index (χ1v) is 8.61. The van der Waals surface area contributed by atoms with Crippen LogP contribution in [0.1, 0.15) is 47.0 Å². The minimum atomic E-state index is -0.188. The number of likely N-dealkylation sites (tertiary alicyclic amines) is 1. The molecule has 1 rings (SSSR count). The Morgan fingerprint density at radius 3 is 2.64 bits per heavy atom. The van der Waals surface area contributed by atoms with E-state index in [9.17, 15) is 0 Å². The van der Waals surface area contributed by atoms with Crippen LogP contribution in [0.2, 0.25) is 0 Å². The number of rotatable bonds is 7. The lowest BCUT2D eigenvalue weighted by Gasteiger charge is -2.37. The molecule has 0 aromatic rings. The molecular weight excluding hydrogens is 276 g/mol. The number of ether oxygens (including phenoxy) is 1. The van der Waals surface area contributed by atoms with Crippen LogP contribution in [0.15, 0.2) is 4.99 Å². The van der Waals surface area contributed by atoms with Crippen molar-refractivity contribution in [2.45, 2.75) is 58.6 Å². The van der Waals surface area contributed by atoms with Gasteiger partial charge in [-0.1, -0.05) is 20.3 Å². The van der Waals surface area contributed by atoms with Crippen molar-refractivity contribution in [2.75, 3.05) is 40.3 Å². The van der Waals surface area contributed by atoms with Gasteiger partial charge < -0.3 is 15.4 Å². The van der Waals surface area contributed by atoms with Gasteiger partial charge in [-0.2, -0.15) is 0 Å². The van der Waals surface area contributed by atoms with Crippen LogP contribution in [0, 0.1) is 5.92 Å². The lowest BCUT2D eigenvalue weighted by Crippen LogP contribution is -2.51. The fourth-order valence-electron chi connectivity index (χ4n) is 2.80. The van der Waals surface area contributed by atoms with Gasteiger partial charge in [0.25, 0.3) is 0 Å². The molecular formula is C17H36N4O. The Kier molecular flexibility index (Phi) is 8.18. The van der Waals surface area contributed by atoms with Gasteiger partial charge in [-0.3, -0.25) is 9.89 Å². The third-order valence-electron chi connectivity index (χ3n) is 4.31. The van der Waals surface area contributed by atoms with Gasteiger partial charge in [0.1, 0.15) is 0 Å². The Balaban J connectivity index is 2.43. The van der Waals surface area contributed by atoms with Crippen molar-refractivity contribution in [1.29, 1.82) is 0 Å². The molecule has 5 heteroatoms. The summed E-state index contributed by atoms with van der Waals surface area (Å²) in [4.78, 5) is 6.95. The van der Waals surface area contributed by atoms with E-state index in [-0.39, 0.29) is 5.60 Å². The number of methoxy groups -OCH3 is 1. The highest BCUT2D eigenvalue weighted by molar-refractivity contribution is 5.79. The molecule has 0 spiro atoms. The van der Waals surface area contributed by atoms with E-state index in [0.29, 0.717) is 6.04 Å². The average molecular weight is 313 g/mol. The zero-order valence-corrected chi connectivity index (χ0v) is 15.4. The maximum atomic E-state index is 5.43. The van der Waals surface area contributed by atoms with Crippen molar-refractivity contribution >= 4 is 5.96 Å². The standard InChI is InChI=1S/C17H36N4O/c1-14(2)12-21-10-8-7-9-15(21)11-19-16(18-5)20-13-17(3,4)22-6/h14-15H,7-13H2,1-6H3,(H2,18,19,20). The maximum absolute atomic E-state index is 5.43. The Hall–Kier alpha value is -0.810. The molecule has 1 atom stereocenters. The molecule has 0 amide bonds. The predicted octanol–water partition coefficient (Wildman–Crippen LogP) is 2.09. The van der Waals surface area contributed by atoms with Crippen LogP contribution in [0.25, 0.3) is 0 Å². The maximum Gasteiger partial charge on any atom is 0.191 e. The normalized spacial score (nSPS) is 21.2. The molecule has 130 valence electrons. The molecule has 1 fully saturated rings. The van der Waals surface area contributed by atoms with Crippen molar-refractivity contribution in [3.05, 3.63) is 0 Å². The number of nitrogens with one attached hydrogen (secondary N) is 2. The van der Waals surface area contributed by atoms with Crippen LogP contribution in [0.3, 0.4) is 0 Å². The lowest BCUT2D eigenvalue weighted by atomic mass is 10.0. The lowest BCUT2D eigenvalue weighted by molar-refractivity contribution is 0.0268. The second-order valence-electron chi connectivity index (χ2n) is 7.31. The second kappa shape index (κ2) is 9.36. The van der Waals surface area contributed by atoms with E-state index in [1.807, 2.05) is 7.05 Å². The molecule has 0 aliphatic carbocycles. The van der Waals surface area contributed by atoms with Crippen LogP contribution < -0.4 is 10.6 Å². The predicted molar refractivity (Wildman–Crippen MR) is 94.5 cm³/mol. The molecule has 22 heavy (non-hydrogen) atoms. The number of piperidine rings is 1. The van der Waals surface area contributed by atoms with Crippen LogP contribution in [-0.2, 0) is 4.74 Å². The summed E-state index contributed by atoms with van der Waals surface area (Å²) in [6, 6.07) is 0.616. The Labute approximate surface area is 136 Å². The minimum absolute atomic E-state index is 0.188. The first-order valence-electron chi connectivity index (χ1n) is 8.61. The Morgan fingerprint density at radius 1 is 1.32 bits per heavy atom. The number of hydrogen-bond acceptors (Lipinski definition) is 3. The highest BCUT2D eigenvalue weighted by Gasteiger charge is 2.23. The fourth-order valence-corrected chi connectivity index (χ4v) is 2.80. The summed E-state index contributed by atoms with van der Waals surface area (Å²) in [6.07, 6.45) is 3.95. The van der Waals surface area contributed by atoms with Gasteiger partial charge in [0.05, 0.1) is 5.60 Å². The molecule has 2 N–H and O–H groups in total. The largest absolute Gasteiger partial charge is 0.377 e. The van der Waals surface area contributed by atoms with Crippen LogP contribution in [0.5, 0.6) is 0 Å². The number of guanidine groups is 1. The first-order chi connectivity index (χ1) is 10.4. The summed E-state index contributed by atoms with van der Waals surface area (Å²) in [5.74, 6) is 1.58. The Morgan fingerprint density at radius 2 is 2.05 bits per heavy atom. The van der Waals surface area contributed by atoms with Crippen molar-refractivity contribution < 1.29 is 4.74 Å². The van der Waals surface area contributed by atoms with Crippen molar-refractivity contribution in [1.82, 2.24) is 15.5 Å². The smallest absolute Gasteiger partial charge is 0.191 e. The van der Waals surface area contributed by atoms with E-state index in [2.05, 4.69) is 48.2 Å². The molecule has 1 saturated heterocycles. The quantitative estimate of drug-likeness (QED) is 0.558. The van der Waals surface area contributed by atoms with Gasteiger partial charge in [0.2, 0.25) is 0 Å². The monoisotopic (exact) mass is 312 g/mol. The summed E-state index contributed by atoms with van der Waals surface area (Å²) < 4.78 is 5.43. The fraction of sp³-hybridized carbons (Fsp3) is 0.941. The second-order valence-corrected chi connectivity index (χ2v) is 7.31. The van der Waals surface area contributed by atoms with E-state index >= 15 is 0 Å². The molecule has 1 unspecified atom stereocenters. The highest BCUT2D eigenvalue weighted by Crippen LogP contribution is 2.17. The molecule has 0 saturated carbocycles. The summed E-state index contributed by atoms with van der Waals surface area (Å²) in [5, 5.41) is 6.83. The molecule has 0 bridgehead atoms. The van der Waals surface area contributed by atoms with Crippen LogP contribution in [-0.4, -0.2) is 62.8 Å². The molecule has 1 heterocycles. The summed E-state index contributed by atoms with van der Waals surface area (Å²) in [6.45, 7) is 12.8. The third kappa shape index (κ3) is 6.97. The van der Waals surface area contributed by atoms with Gasteiger partial charge in [0.15, 0.2) is 5.96 Å². The highest BCUT2D eigenvalue weighted by atomic mass is 16.5. The molecule has 5 nitrogen and oxygen atoms in total. The molecule has 1 aliphatic heterocycles. The number of hydrogen-bond donors (Lipinski definition) is 2. The summed E-state index contributed by atoms with van der Waals surface area (Å²) in [5.41, 5.74) is -0.188. The molecule has 0 radical (unpaired) electrons. The minimum Gasteiger partial charge on any atom is -0.377 e. The summed E-state index contributed by atoms with van der Waals surface area (Å²) >= 11 is 0. The SMILES string of the molecule is CN=C(NCC1CCCCN1CC(C)C)NCC(C)(C)OC. The Bertz CT molecular complexity index is 342. The number of nitrogens with zero attached hydrogens (tertiary/aromatic N) is 2. The zero-order valence-electron chi connectivity index (χ0n) is 15.4. The molecule has 1 aliphatic rings. The number of aliphatic imine (C=N–C) groups is 1. The van der Waals surface area contributed by atoms with Gasteiger partial charge in [-0.25, -0.2) is 0 Å². The van der Waals surface area contributed by atoms with E-state index in [1.165, 1.54) is 32.4 Å². The zero-order chi connectivity index (χ0) is 16.6. The third-order valence-corrected chi connectivity index (χ3v) is 4.31. The van der Waals surface area contributed by atoms with Gasteiger partial charge in [-0.05, 0) is 39.2 Å².